The molecule has 0 unspecified atom stereocenters. The first-order valence-corrected chi connectivity index (χ1v) is 7.88. The lowest BCUT2D eigenvalue weighted by Crippen LogP contribution is -2.42. The number of alkyl halides is 2. The van der Waals surface area contributed by atoms with Crippen molar-refractivity contribution in [3.63, 3.8) is 0 Å². The summed E-state index contributed by atoms with van der Waals surface area (Å²) < 4.78 is 26.5. The summed E-state index contributed by atoms with van der Waals surface area (Å²) >= 11 is 0. The molecule has 1 aliphatic rings. The molecule has 5 nitrogen and oxygen atoms in total. The molecular weight excluding hydrogens is 290 g/mol. The minimum Gasteiger partial charge on any atom is -0.351 e. The van der Waals surface area contributed by atoms with E-state index in [1.165, 1.54) is 0 Å². The van der Waals surface area contributed by atoms with E-state index in [0.717, 1.165) is 51.3 Å². The smallest absolute Gasteiger partial charge is 0.315 e. The first-order valence-electron chi connectivity index (χ1n) is 7.88. The quantitative estimate of drug-likeness (QED) is 0.836. The Balaban J connectivity index is 1.82. The third-order valence-corrected chi connectivity index (χ3v) is 4.00. The average Bonchev–Trinajstić information content (AvgIpc) is 2.92. The van der Waals surface area contributed by atoms with E-state index in [1.54, 1.807) is 0 Å². The van der Waals surface area contributed by atoms with Crippen LogP contribution in [0.25, 0.3) is 0 Å². The number of imidazole rings is 1. The van der Waals surface area contributed by atoms with Crippen LogP contribution in [0.3, 0.4) is 0 Å². The van der Waals surface area contributed by atoms with Crippen LogP contribution >= 0.6 is 0 Å². The standard InChI is InChI=1S/C15H24F2N4O/c1-2-6-21-8-5-18-13(21)11-20-7-3-4-12(10-20)9-19-15(22)14(16)17/h5,8,12,14H,2-4,6-7,9-11H2,1H3,(H,19,22)/t12-/m0/s1. The summed E-state index contributed by atoms with van der Waals surface area (Å²) in [5.74, 6) is 0.0979. The third kappa shape index (κ3) is 4.76. The van der Waals surface area contributed by atoms with Gasteiger partial charge in [-0.3, -0.25) is 9.69 Å². The van der Waals surface area contributed by atoms with E-state index in [0.29, 0.717) is 6.54 Å². The highest BCUT2D eigenvalue weighted by Gasteiger charge is 2.23. The molecule has 1 aromatic rings. The van der Waals surface area contributed by atoms with Crippen LogP contribution in [0.5, 0.6) is 0 Å². The van der Waals surface area contributed by atoms with Crippen molar-refractivity contribution >= 4 is 5.91 Å². The molecule has 0 radical (unpaired) electrons. The van der Waals surface area contributed by atoms with Gasteiger partial charge in [-0.25, -0.2) is 4.98 Å². The zero-order chi connectivity index (χ0) is 15.9. The molecule has 1 atom stereocenters. The number of likely N-dealkylation sites (tertiary alicyclic amines) is 1. The number of nitrogens with one attached hydrogen (secondary N) is 1. The van der Waals surface area contributed by atoms with Gasteiger partial charge in [0.1, 0.15) is 5.82 Å². The van der Waals surface area contributed by atoms with E-state index >= 15 is 0 Å². The average molecular weight is 314 g/mol. The number of carbonyl (C=O) groups excluding carboxylic acids is 1. The van der Waals surface area contributed by atoms with Gasteiger partial charge in [-0.15, -0.1) is 0 Å². The topological polar surface area (TPSA) is 50.2 Å². The van der Waals surface area contributed by atoms with Crippen molar-refractivity contribution in [1.29, 1.82) is 0 Å². The van der Waals surface area contributed by atoms with Gasteiger partial charge in [-0.2, -0.15) is 8.78 Å². The number of aromatic nitrogens is 2. The van der Waals surface area contributed by atoms with Gasteiger partial charge in [0.05, 0.1) is 6.54 Å². The monoisotopic (exact) mass is 314 g/mol. The van der Waals surface area contributed by atoms with Gasteiger partial charge < -0.3 is 9.88 Å². The molecule has 0 bridgehead atoms. The highest BCUT2D eigenvalue weighted by molar-refractivity contribution is 5.79. The van der Waals surface area contributed by atoms with Gasteiger partial charge in [0.2, 0.25) is 0 Å². The Kier molecular flexibility index (Phi) is 6.30. The van der Waals surface area contributed by atoms with Crippen LogP contribution in [-0.4, -0.2) is 46.4 Å². The second kappa shape index (κ2) is 8.22. The van der Waals surface area contributed by atoms with Crippen LogP contribution in [0, 0.1) is 5.92 Å². The van der Waals surface area contributed by atoms with Crippen LogP contribution in [0.15, 0.2) is 12.4 Å². The summed E-state index contributed by atoms with van der Waals surface area (Å²) in [6, 6.07) is 0. The van der Waals surface area contributed by atoms with Gasteiger partial charge in [-0.1, -0.05) is 6.92 Å². The molecule has 1 amide bonds. The molecule has 1 N–H and O–H groups in total. The van der Waals surface area contributed by atoms with E-state index in [2.05, 4.69) is 26.7 Å². The molecule has 1 saturated heterocycles. The maximum Gasteiger partial charge on any atom is 0.315 e. The predicted octanol–water partition coefficient (Wildman–Crippen LogP) is 1.89. The van der Waals surface area contributed by atoms with Crippen molar-refractivity contribution in [3.05, 3.63) is 18.2 Å². The summed E-state index contributed by atoms with van der Waals surface area (Å²) in [4.78, 5) is 17.6. The van der Waals surface area contributed by atoms with Gasteiger partial charge in [0.15, 0.2) is 0 Å². The zero-order valence-electron chi connectivity index (χ0n) is 13.0. The number of halogens is 2. The van der Waals surface area contributed by atoms with Gasteiger partial charge in [0.25, 0.3) is 5.91 Å². The Bertz CT molecular complexity index is 478. The Morgan fingerprint density at radius 3 is 3.09 bits per heavy atom. The second-order valence-corrected chi connectivity index (χ2v) is 5.83. The van der Waals surface area contributed by atoms with Gasteiger partial charge in [-0.05, 0) is 31.7 Å². The molecular formula is C15H24F2N4O. The van der Waals surface area contributed by atoms with Crippen LogP contribution in [0.4, 0.5) is 8.78 Å². The van der Waals surface area contributed by atoms with E-state index in [4.69, 9.17) is 0 Å². The molecule has 1 aliphatic heterocycles. The number of rotatable bonds is 7. The number of nitrogens with zero attached hydrogens (tertiary/aromatic N) is 3. The molecule has 1 fully saturated rings. The van der Waals surface area contributed by atoms with Crippen molar-refractivity contribution in [2.75, 3.05) is 19.6 Å². The normalized spacial score (nSPS) is 19.5. The predicted molar refractivity (Wildman–Crippen MR) is 79.5 cm³/mol. The minimum absolute atomic E-state index is 0.228. The molecule has 0 aliphatic carbocycles. The van der Waals surface area contributed by atoms with Crippen LogP contribution in [0.1, 0.15) is 32.0 Å². The lowest BCUT2D eigenvalue weighted by molar-refractivity contribution is -0.132. The molecule has 7 heteroatoms. The summed E-state index contributed by atoms with van der Waals surface area (Å²) in [7, 11) is 0. The highest BCUT2D eigenvalue weighted by atomic mass is 19.3. The number of carbonyl (C=O) groups is 1. The fraction of sp³-hybridized carbons (Fsp3) is 0.733. The Morgan fingerprint density at radius 1 is 1.55 bits per heavy atom. The largest absolute Gasteiger partial charge is 0.351 e. The maximum atomic E-state index is 12.2. The number of amides is 1. The molecule has 0 aromatic carbocycles. The third-order valence-electron chi connectivity index (χ3n) is 4.00. The van der Waals surface area contributed by atoms with Crippen molar-refractivity contribution < 1.29 is 13.6 Å². The minimum atomic E-state index is -2.93. The Morgan fingerprint density at radius 2 is 2.36 bits per heavy atom. The van der Waals surface area contributed by atoms with E-state index < -0.39 is 12.3 Å². The number of aryl methyl sites for hydroxylation is 1. The van der Waals surface area contributed by atoms with Crippen LogP contribution in [0.2, 0.25) is 0 Å². The molecule has 124 valence electrons. The maximum absolute atomic E-state index is 12.2. The summed E-state index contributed by atoms with van der Waals surface area (Å²) in [6.45, 7) is 5.97. The van der Waals surface area contributed by atoms with E-state index in [1.807, 2.05) is 12.4 Å². The molecule has 0 saturated carbocycles. The number of piperidine rings is 1. The van der Waals surface area contributed by atoms with Gasteiger partial charge >= 0.3 is 6.43 Å². The van der Waals surface area contributed by atoms with Crippen molar-refractivity contribution in [3.8, 4) is 0 Å². The molecule has 0 spiro atoms. The van der Waals surface area contributed by atoms with Crippen LogP contribution < -0.4 is 5.32 Å². The van der Waals surface area contributed by atoms with E-state index in [9.17, 15) is 13.6 Å². The summed E-state index contributed by atoms with van der Waals surface area (Å²) in [6.07, 6.45) is 3.91. The molecule has 22 heavy (non-hydrogen) atoms. The Labute approximate surface area is 129 Å². The lowest BCUT2D eigenvalue weighted by Gasteiger charge is -2.32. The zero-order valence-corrected chi connectivity index (χ0v) is 13.0. The first kappa shape index (κ1) is 16.9. The number of hydrogen-bond acceptors (Lipinski definition) is 3. The second-order valence-electron chi connectivity index (χ2n) is 5.83. The van der Waals surface area contributed by atoms with Gasteiger partial charge in [0, 0.05) is 32.0 Å². The fourth-order valence-electron chi connectivity index (χ4n) is 2.92. The lowest BCUT2D eigenvalue weighted by atomic mass is 9.98. The van der Waals surface area contributed by atoms with Crippen molar-refractivity contribution in [2.24, 2.45) is 5.92 Å². The van der Waals surface area contributed by atoms with E-state index in [-0.39, 0.29) is 5.92 Å². The molecule has 2 rings (SSSR count). The fourth-order valence-corrected chi connectivity index (χ4v) is 2.92. The van der Waals surface area contributed by atoms with Crippen molar-refractivity contribution in [1.82, 2.24) is 19.8 Å². The molecule has 2 heterocycles. The molecule has 1 aromatic heterocycles. The number of hydrogen-bond donors (Lipinski definition) is 1. The van der Waals surface area contributed by atoms with Crippen LogP contribution in [-0.2, 0) is 17.9 Å². The Hall–Kier alpha value is -1.50. The SMILES string of the molecule is CCCn1ccnc1CN1CCC[C@@H](CNC(=O)C(F)F)C1. The van der Waals surface area contributed by atoms with Crippen molar-refractivity contribution in [2.45, 2.75) is 45.7 Å². The summed E-state index contributed by atoms with van der Waals surface area (Å²) in [5.41, 5.74) is 0. The summed E-state index contributed by atoms with van der Waals surface area (Å²) in [5, 5.41) is 2.33. The highest BCUT2D eigenvalue weighted by Crippen LogP contribution is 2.18. The first-order chi connectivity index (χ1) is 10.6.